The number of nitrogens with two attached hydrogens (primary N) is 1. The fourth-order valence-electron chi connectivity index (χ4n) is 3.28. The SMILES string of the molecule is [2H]C([2H])([2H])N1C(=O)c2cc(Oc3cc(C)cc(C)c3)c(N)cc2NC(=O)[C@@H]1CC(=O)N(C([2H])([2H])C([2H])([2H])[2H])C([2H])([2H])C([2H])([2H])[2H]. The third kappa shape index (κ3) is 4.69. The molecule has 3 N–H and O–H groups in total. The van der Waals surface area contributed by atoms with Crippen LogP contribution < -0.4 is 15.8 Å². The second-order valence-electron chi connectivity index (χ2n) is 7.20. The highest BCUT2D eigenvalue weighted by Crippen LogP contribution is 2.35. The van der Waals surface area contributed by atoms with Crippen molar-refractivity contribution in [2.24, 2.45) is 0 Å². The summed E-state index contributed by atoms with van der Waals surface area (Å²) in [6.45, 7) is -15.4. The van der Waals surface area contributed by atoms with Crippen LogP contribution in [-0.4, -0.2) is 53.5 Å². The van der Waals surface area contributed by atoms with Gasteiger partial charge in [-0.25, -0.2) is 0 Å². The van der Waals surface area contributed by atoms with E-state index in [1.54, 1.807) is 12.1 Å². The number of aryl methyl sites for hydroxylation is 2. The number of fused-ring (bicyclic) bond motifs is 1. The van der Waals surface area contributed by atoms with Crippen molar-refractivity contribution in [2.45, 2.75) is 40.0 Å². The lowest BCUT2D eigenvalue weighted by Gasteiger charge is -2.26. The number of anilines is 2. The Morgan fingerprint density at radius 2 is 1.88 bits per heavy atom. The van der Waals surface area contributed by atoms with Crippen LogP contribution in [0.25, 0.3) is 0 Å². The van der Waals surface area contributed by atoms with E-state index in [9.17, 15) is 14.4 Å². The number of benzene rings is 2. The topological polar surface area (TPSA) is 105 Å². The van der Waals surface area contributed by atoms with E-state index < -0.39 is 74.3 Å². The molecule has 32 heavy (non-hydrogen) atoms. The maximum Gasteiger partial charge on any atom is 0.256 e. The molecular weight excluding hydrogens is 408 g/mol. The molecule has 1 aliphatic heterocycles. The molecule has 0 saturated carbocycles. The Balaban J connectivity index is 2.13. The van der Waals surface area contributed by atoms with Gasteiger partial charge in [0, 0.05) is 37.8 Å². The number of rotatable bonds is 6. The number of nitrogens with one attached hydrogen (secondary N) is 1. The summed E-state index contributed by atoms with van der Waals surface area (Å²) < 4.78 is 107. The molecule has 1 atom stereocenters. The van der Waals surface area contributed by atoms with Gasteiger partial charge in [-0.05, 0) is 62.9 Å². The van der Waals surface area contributed by atoms with Gasteiger partial charge in [0.05, 0.1) is 23.4 Å². The number of carbonyl (C=O) groups excluding carboxylic acids is 3. The van der Waals surface area contributed by atoms with Gasteiger partial charge < -0.3 is 25.6 Å². The van der Waals surface area contributed by atoms with Crippen LogP contribution in [-0.2, 0) is 9.59 Å². The Kier molecular flexibility index (Phi) is 3.30. The number of amides is 3. The third-order valence-electron chi connectivity index (χ3n) is 4.74. The van der Waals surface area contributed by atoms with E-state index in [0.717, 1.165) is 23.3 Å². The summed E-state index contributed by atoms with van der Waals surface area (Å²) in [5, 5.41) is 2.27. The average Bonchev–Trinajstić information content (AvgIpc) is 2.91. The molecule has 3 rings (SSSR count). The summed E-state index contributed by atoms with van der Waals surface area (Å²) in [4.78, 5) is 39.9. The zero-order chi connectivity index (χ0) is 34.7. The first-order valence-corrected chi connectivity index (χ1v) is 9.37. The standard InChI is InChI=1S/C24H30N4O4/c1-6-28(7-2)22(29)13-20-23(30)26-19-12-18(25)21(11-17(19)24(31)27(20)5)32-16-9-14(3)8-15(4)10-16/h8-12,20H,6-7,13,25H2,1-5H3,(H,26,30)/t20-/m0/s1/i1D3,2D3,5D3,6D2,7D2. The van der Waals surface area contributed by atoms with Gasteiger partial charge in [0.2, 0.25) is 11.8 Å². The van der Waals surface area contributed by atoms with E-state index in [2.05, 4.69) is 5.32 Å². The van der Waals surface area contributed by atoms with E-state index in [4.69, 9.17) is 28.3 Å². The monoisotopic (exact) mass is 451 g/mol. The van der Waals surface area contributed by atoms with Gasteiger partial charge in [0.1, 0.15) is 11.8 Å². The maximum atomic E-state index is 13.8. The number of hydrogen-bond acceptors (Lipinski definition) is 5. The summed E-state index contributed by atoms with van der Waals surface area (Å²) in [6.07, 6.45) is -1.52. The van der Waals surface area contributed by atoms with Crippen LogP contribution in [0.4, 0.5) is 11.4 Å². The van der Waals surface area contributed by atoms with E-state index in [0.29, 0.717) is 5.75 Å². The predicted octanol–water partition coefficient (Wildman–Crippen LogP) is 3.33. The lowest BCUT2D eigenvalue weighted by molar-refractivity contribution is -0.134. The Morgan fingerprint density at radius 1 is 1.19 bits per heavy atom. The first-order valence-electron chi connectivity index (χ1n) is 15.9. The van der Waals surface area contributed by atoms with Gasteiger partial charge in [-0.2, -0.15) is 0 Å². The molecule has 1 aliphatic rings. The Bertz CT molecular complexity index is 1470. The molecule has 3 amide bonds. The minimum absolute atomic E-state index is 0.0108. The molecule has 0 spiro atoms. The summed E-state index contributed by atoms with van der Waals surface area (Å²) in [5.41, 5.74) is 6.97. The molecule has 2 aromatic rings. The molecule has 0 aliphatic carbocycles. The molecule has 0 unspecified atom stereocenters. The number of carbonyl (C=O) groups is 3. The minimum Gasteiger partial charge on any atom is -0.455 e. The van der Waals surface area contributed by atoms with Crippen molar-refractivity contribution in [1.82, 2.24) is 9.80 Å². The second-order valence-corrected chi connectivity index (χ2v) is 7.20. The number of likely N-dealkylation sites (N-methyl/N-ethyl adjacent to an activating group) is 1. The summed E-state index contributed by atoms with van der Waals surface area (Å²) in [7, 11) is 0. The van der Waals surface area contributed by atoms with Crippen LogP contribution in [0, 0.1) is 13.8 Å². The van der Waals surface area contributed by atoms with Crippen molar-refractivity contribution in [3.63, 3.8) is 0 Å². The predicted molar refractivity (Wildman–Crippen MR) is 124 cm³/mol. The Hall–Kier alpha value is -3.55. The third-order valence-corrected chi connectivity index (χ3v) is 4.74. The normalized spacial score (nSPS) is 23.8. The quantitative estimate of drug-likeness (QED) is 0.656. The molecular formula is C24H30N4O4. The van der Waals surface area contributed by atoms with Gasteiger partial charge in [0.25, 0.3) is 5.91 Å². The molecule has 2 aromatic carbocycles. The highest BCUT2D eigenvalue weighted by Gasteiger charge is 2.35. The average molecular weight is 452 g/mol. The number of nitrogens with zero attached hydrogens (tertiary/aromatic N) is 2. The van der Waals surface area contributed by atoms with Gasteiger partial charge in [-0.15, -0.1) is 0 Å². The van der Waals surface area contributed by atoms with Crippen LogP contribution in [0.5, 0.6) is 11.5 Å². The van der Waals surface area contributed by atoms with E-state index >= 15 is 0 Å². The zero-order valence-corrected chi connectivity index (χ0v) is 17.3. The fourth-order valence-corrected chi connectivity index (χ4v) is 3.28. The van der Waals surface area contributed by atoms with E-state index in [1.165, 1.54) is 0 Å². The first kappa shape index (κ1) is 11.4. The lowest BCUT2D eigenvalue weighted by Crippen LogP contribution is -2.46. The van der Waals surface area contributed by atoms with Crippen molar-refractivity contribution < 1.29 is 36.9 Å². The molecule has 0 radical (unpaired) electrons. The van der Waals surface area contributed by atoms with Crippen molar-refractivity contribution in [3.8, 4) is 11.5 Å². The molecule has 8 heteroatoms. The lowest BCUT2D eigenvalue weighted by atomic mass is 10.1. The van der Waals surface area contributed by atoms with Crippen molar-refractivity contribution >= 4 is 29.1 Å². The van der Waals surface area contributed by atoms with Crippen molar-refractivity contribution in [2.75, 3.05) is 31.0 Å². The van der Waals surface area contributed by atoms with Crippen LogP contribution in [0.1, 0.15) is 59.4 Å². The van der Waals surface area contributed by atoms with Crippen LogP contribution in [0.2, 0.25) is 0 Å². The maximum absolute atomic E-state index is 13.8. The smallest absolute Gasteiger partial charge is 0.256 e. The van der Waals surface area contributed by atoms with Crippen LogP contribution in [0.15, 0.2) is 30.3 Å². The molecule has 8 nitrogen and oxygen atoms in total. The van der Waals surface area contributed by atoms with E-state index in [1.807, 2.05) is 19.9 Å². The highest BCUT2D eigenvalue weighted by atomic mass is 16.5. The number of ether oxygens (including phenoxy) is 1. The van der Waals surface area contributed by atoms with Crippen LogP contribution >= 0.6 is 0 Å². The van der Waals surface area contributed by atoms with Gasteiger partial charge in [0.15, 0.2) is 5.75 Å². The largest absolute Gasteiger partial charge is 0.455 e. The Labute approximate surface area is 206 Å². The molecule has 1 heterocycles. The van der Waals surface area contributed by atoms with Crippen LogP contribution in [0.3, 0.4) is 0 Å². The second kappa shape index (κ2) is 9.30. The minimum atomic E-state index is -3.96. The molecule has 170 valence electrons. The summed E-state index contributed by atoms with van der Waals surface area (Å²) >= 11 is 0. The van der Waals surface area contributed by atoms with E-state index in [-0.39, 0.29) is 22.0 Å². The van der Waals surface area contributed by atoms with Crippen molar-refractivity contribution in [3.05, 3.63) is 47.0 Å². The molecule has 0 fully saturated rings. The number of hydrogen-bond donors (Lipinski definition) is 2. The molecule has 0 saturated heterocycles. The summed E-state index contributed by atoms with van der Waals surface area (Å²) in [6, 6.07) is 5.06. The zero-order valence-electron chi connectivity index (χ0n) is 30.3. The van der Waals surface area contributed by atoms with Gasteiger partial charge in [-0.3, -0.25) is 14.4 Å². The first-order chi connectivity index (χ1) is 20.2. The summed E-state index contributed by atoms with van der Waals surface area (Å²) in [5.74, 6) is -4.35. The number of nitrogen functional groups attached to an aromatic ring is 1. The Morgan fingerprint density at radius 3 is 2.50 bits per heavy atom. The highest BCUT2D eigenvalue weighted by molar-refractivity contribution is 6.11. The molecule has 0 aromatic heterocycles. The van der Waals surface area contributed by atoms with Crippen molar-refractivity contribution in [1.29, 1.82) is 0 Å². The fraction of sp³-hybridized carbons (Fsp3) is 0.375. The van der Waals surface area contributed by atoms with Gasteiger partial charge in [-0.1, -0.05) is 6.07 Å². The van der Waals surface area contributed by atoms with Gasteiger partial charge >= 0.3 is 0 Å². The molecule has 0 bridgehead atoms.